The third kappa shape index (κ3) is 4.51. The first-order valence-electron chi connectivity index (χ1n) is 7.23. The first-order chi connectivity index (χ1) is 9.54. The van der Waals surface area contributed by atoms with E-state index in [9.17, 15) is 4.79 Å². The van der Waals surface area contributed by atoms with Crippen molar-refractivity contribution in [3.63, 3.8) is 0 Å². The van der Waals surface area contributed by atoms with Gasteiger partial charge >= 0.3 is 0 Å². The third-order valence-corrected chi connectivity index (χ3v) is 4.33. The van der Waals surface area contributed by atoms with Gasteiger partial charge in [-0.1, -0.05) is 22.0 Å². The maximum atomic E-state index is 12.1. The zero-order valence-electron chi connectivity index (χ0n) is 12.1. The lowest BCUT2D eigenvalue weighted by Gasteiger charge is -2.13. The van der Waals surface area contributed by atoms with Gasteiger partial charge in [0, 0.05) is 16.9 Å². The number of ether oxygens (including phenoxy) is 1. The SMILES string of the molecule is CC(C)Oc1cccc(C(=O)NCC2CCC(Br)C2)c1. The molecule has 1 fully saturated rings. The van der Waals surface area contributed by atoms with E-state index in [-0.39, 0.29) is 12.0 Å². The van der Waals surface area contributed by atoms with Gasteiger partial charge in [0.05, 0.1) is 6.10 Å². The summed E-state index contributed by atoms with van der Waals surface area (Å²) in [5.41, 5.74) is 0.663. The van der Waals surface area contributed by atoms with Crippen molar-refractivity contribution in [3.8, 4) is 5.75 Å². The van der Waals surface area contributed by atoms with E-state index in [1.165, 1.54) is 12.8 Å². The number of carbonyl (C=O) groups is 1. The second-order valence-corrected chi connectivity index (χ2v) is 6.98. The van der Waals surface area contributed by atoms with Gasteiger partial charge in [-0.2, -0.15) is 0 Å². The van der Waals surface area contributed by atoms with E-state index in [4.69, 9.17) is 4.74 Å². The first-order valence-corrected chi connectivity index (χ1v) is 8.15. The van der Waals surface area contributed by atoms with Crippen molar-refractivity contribution in [2.75, 3.05) is 6.54 Å². The molecule has 0 bridgehead atoms. The second kappa shape index (κ2) is 7.11. The van der Waals surface area contributed by atoms with Gasteiger partial charge in [0.1, 0.15) is 5.75 Å². The molecule has 0 heterocycles. The highest BCUT2D eigenvalue weighted by molar-refractivity contribution is 9.09. The average molecular weight is 340 g/mol. The number of benzene rings is 1. The van der Waals surface area contributed by atoms with Gasteiger partial charge in [-0.05, 0) is 57.2 Å². The maximum Gasteiger partial charge on any atom is 0.251 e. The van der Waals surface area contributed by atoms with Crippen molar-refractivity contribution < 1.29 is 9.53 Å². The molecule has 2 atom stereocenters. The molecule has 0 radical (unpaired) electrons. The molecule has 1 aromatic rings. The Morgan fingerprint density at radius 1 is 1.45 bits per heavy atom. The summed E-state index contributed by atoms with van der Waals surface area (Å²) < 4.78 is 5.61. The lowest BCUT2D eigenvalue weighted by Crippen LogP contribution is -2.28. The predicted molar refractivity (Wildman–Crippen MR) is 84.6 cm³/mol. The Hall–Kier alpha value is -1.03. The summed E-state index contributed by atoms with van der Waals surface area (Å²) >= 11 is 3.63. The second-order valence-electron chi connectivity index (χ2n) is 5.68. The van der Waals surface area contributed by atoms with E-state index in [2.05, 4.69) is 21.2 Å². The fraction of sp³-hybridized carbons (Fsp3) is 0.562. The molecule has 1 aliphatic carbocycles. The molecule has 0 aromatic heterocycles. The van der Waals surface area contributed by atoms with Crippen molar-refractivity contribution in [1.29, 1.82) is 0 Å². The number of hydrogen-bond acceptors (Lipinski definition) is 2. The largest absolute Gasteiger partial charge is 0.491 e. The van der Waals surface area contributed by atoms with Gasteiger partial charge in [-0.3, -0.25) is 4.79 Å². The van der Waals surface area contributed by atoms with Gasteiger partial charge in [-0.25, -0.2) is 0 Å². The molecule has 4 heteroatoms. The van der Waals surface area contributed by atoms with Gasteiger partial charge in [0.15, 0.2) is 0 Å². The lowest BCUT2D eigenvalue weighted by molar-refractivity contribution is 0.0946. The number of hydrogen-bond donors (Lipinski definition) is 1. The fourth-order valence-corrected chi connectivity index (χ4v) is 3.31. The third-order valence-electron chi connectivity index (χ3n) is 3.50. The minimum Gasteiger partial charge on any atom is -0.491 e. The highest BCUT2D eigenvalue weighted by atomic mass is 79.9. The molecule has 0 aliphatic heterocycles. The predicted octanol–water partition coefficient (Wildman–Crippen LogP) is 3.77. The molecule has 0 saturated heterocycles. The lowest BCUT2D eigenvalue weighted by atomic mass is 10.1. The van der Waals surface area contributed by atoms with Gasteiger partial charge in [0.25, 0.3) is 5.91 Å². The van der Waals surface area contributed by atoms with Crippen molar-refractivity contribution in [1.82, 2.24) is 5.32 Å². The van der Waals surface area contributed by atoms with E-state index < -0.39 is 0 Å². The Kier molecular flexibility index (Phi) is 5.46. The molecule has 2 rings (SSSR count). The molecule has 2 unspecified atom stereocenters. The zero-order valence-corrected chi connectivity index (χ0v) is 13.7. The molecular formula is C16H22BrNO2. The average Bonchev–Trinajstić information content (AvgIpc) is 2.81. The smallest absolute Gasteiger partial charge is 0.251 e. The Morgan fingerprint density at radius 3 is 2.90 bits per heavy atom. The van der Waals surface area contributed by atoms with Crippen LogP contribution in [0.25, 0.3) is 0 Å². The number of rotatable bonds is 5. The van der Waals surface area contributed by atoms with Gasteiger partial charge < -0.3 is 10.1 Å². The Bertz CT molecular complexity index is 462. The molecule has 1 aliphatic rings. The first kappa shape index (κ1) is 15.4. The maximum absolute atomic E-state index is 12.1. The summed E-state index contributed by atoms with van der Waals surface area (Å²) in [6.45, 7) is 4.71. The Balaban J connectivity index is 1.88. The zero-order chi connectivity index (χ0) is 14.5. The van der Waals surface area contributed by atoms with E-state index in [1.54, 1.807) is 6.07 Å². The van der Waals surface area contributed by atoms with Crippen LogP contribution in [-0.2, 0) is 0 Å². The summed E-state index contributed by atoms with van der Waals surface area (Å²) in [6, 6.07) is 7.36. The van der Waals surface area contributed by atoms with Crippen LogP contribution in [0.2, 0.25) is 0 Å². The molecule has 1 saturated carbocycles. The van der Waals surface area contributed by atoms with Crippen LogP contribution < -0.4 is 10.1 Å². The molecule has 1 aromatic carbocycles. The highest BCUT2D eigenvalue weighted by Crippen LogP contribution is 2.30. The Morgan fingerprint density at radius 2 is 2.25 bits per heavy atom. The van der Waals surface area contributed by atoms with E-state index in [0.29, 0.717) is 16.3 Å². The number of halogens is 1. The van der Waals surface area contributed by atoms with Crippen LogP contribution in [0, 0.1) is 5.92 Å². The van der Waals surface area contributed by atoms with Crippen LogP contribution in [0.3, 0.4) is 0 Å². The number of alkyl halides is 1. The molecular weight excluding hydrogens is 318 g/mol. The monoisotopic (exact) mass is 339 g/mol. The minimum atomic E-state index is -0.0165. The van der Waals surface area contributed by atoms with Crippen molar-refractivity contribution in [2.24, 2.45) is 5.92 Å². The van der Waals surface area contributed by atoms with Crippen LogP contribution in [0.15, 0.2) is 24.3 Å². The van der Waals surface area contributed by atoms with Crippen molar-refractivity contribution in [3.05, 3.63) is 29.8 Å². The molecule has 1 amide bonds. The summed E-state index contributed by atoms with van der Waals surface area (Å²) in [6.07, 6.45) is 3.66. The summed E-state index contributed by atoms with van der Waals surface area (Å²) in [4.78, 5) is 12.8. The van der Waals surface area contributed by atoms with E-state index in [0.717, 1.165) is 18.7 Å². The number of carbonyl (C=O) groups excluding carboxylic acids is 1. The fourth-order valence-electron chi connectivity index (χ4n) is 2.52. The Labute approximate surface area is 129 Å². The van der Waals surface area contributed by atoms with Gasteiger partial charge in [0.2, 0.25) is 0 Å². The van der Waals surface area contributed by atoms with E-state index >= 15 is 0 Å². The standard InChI is InChI=1S/C16H22BrNO2/c1-11(2)20-15-5-3-4-13(9-15)16(19)18-10-12-6-7-14(17)8-12/h3-5,9,11-12,14H,6-8,10H2,1-2H3,(H,18,19). The minimum absolute atomic E-state index is 0.0165. The quantitative estimate of drug-likeness (QED) is 0.829. The number of nitrogens with one attached hydrogen (secondary N) is 1. The van der Waals surface area contributed by atoms with Gasteiger partial charge in [-0.15, -0.1) is 0 Å². The number of amides is 1. The van der Waals surface area contributed by atoms with Crippen LogP contribution in [0.4, 0.5) is 0 Å². The molecule has 1 N–H and O–H groups in total. The summed E-state index contributed by atoms with van der Waals surface area (Å²) in [7, 11) is 0. The normalized spacial score (nSPS) is 22.0. The van der Waals surface area contributed by atoms with Crippen molar-refractivity contribution >= 4 is 21.8 Å². The molecule has 0 spiro atoms. The van der Waals surface area contributed by atoms with Crippen LogP contribution in [-0.4, -0.2) is 23.4 Å². The topological polar surface area (TPSA) is 38.3 Å². The summed E-state index contributed by atoms with van der Waals surface area (Å²) in [5, 5.41) is 3.03. The van der Waals surface area contributed by atoms with Crippen LogP contribution >= 0.6 is 15.9 Å². The van der Waals surface area contributed by atoms with Crippen molar-refractivity contribution in [2.45, 2.75) is 44.0 Å². The van der Waals surface area contributed by atoms with Crippen LogP contribution in [0.1, 0.15) is 43.5 Å². The van der Waals surface area contributed by atoms with E-state index in [1.807, 2.05) is 32.0 Å². The summed E-state index contributed by atoms with van der Waals surface area (Å²) in [5.74, 6) is 1.32. The van der Waals surface area contributed by atoms with Crippen LogP contribution in [0.5, 0.6) is 5.75 Å². The highest BCUT2D eigenvalue weighted by Gasteiger charge is 2.22. The molecule has 110 valence electrons. The molecule has 3 nitrogen and oxygen atoms in total. The molecule has 20 heavy (non-hydrogen) atoms.